The van der Waals surface area contributed by atoms with Gasteiger partial charge in [-0.25, -0.2) is 0 Å². The van der Waals surface area contributed by atoms with Crippen molar-refractivity contribution in [3.05, 3.63) is 32.8 Å². The van der Waals surface area contributed by atoms with Gasteiger partial charge in [0.25, 0.3) is 5.69 Å². The molecular formula is C9H11BrN2O3S. The Morgan fingerprint density at radius 2 is 2.25 bits per heavy atom. The third-order valence-electron chi connectivity index (χ3n) is 1.87. The van der Waals surface area contributed by atoms with Crippen molar-refractivity contribution in [1.29, 1.82) is 0 Å². The van der Waals surface area contributed by atoms with Gasteiger partial charge in [0.05, 0.1) is 4.92 Å². The first-order valence-electron chi connectivity index (χ1n) is 4.48. The van der Waals surface area contributed by atoms with E-state index in [9.17, 15) is 14.3 Å². The fourth-order valence-corrected chi connectivity index (χ4v) is 1.99. The van der Waals surface area contributed by atoms with Crippen molar-refractivity contribution in [2.24, 2.45) is 0 Å². The Morgan fingerprint density at radius 3 is 2.75 bits per heavy atom. The first-order valence-corrected chi connectivity index (χ1v) is 7.00. The van der Waals surface area contributed by atoms with E-state index in [1.807, 2.05) is 0 Å². The van der Waals surface area contributed by atoms with Gasteiger partial charge in [-0.1, -0.05) is 0 Å². The van der Waals surface area contributed by atoms with E-state index in [0.29, 0.717) is 16.8 Å². The van der Waals surface area contributed by atoms with E-state index < -0.39 is 15.7 Å². The number of non-ortho nitro benzene ring substituents is 1. The fourth-order valence-electron chi connectivity index (χ4n) is 1.09. The zero-order valence-electron chi connectivity index (χ0n) is 8.60. The van der Waals surface area contributed by atoms with E-state index in [1.54, 1.807) is 12.3 Å². The number of hydrogen-bond acceptors (Lipinski definition) is 4. The molecular weight excluding hydrogens is 296 g/mol. The average molecular weight is 307 g/mol. The minimum atomic E-state index is -0.844. The molecule has 0 heterocycles. The lowest BCUT2D eigenvalue weighted by atomic mass is 10.3. The fraction of sp³-hybridized carbons (Fsp3) is 0.333. The first kappa shape index (κ1) is 13.1. The van der Waals surface area contributed by atoms with E-state index in [-0.39, 0.29) is 5.69 Å². The average Bonchev–Trinajstić information content (AvgIpc) is 2.19. The summed E-state index contributed by atoms with van der Waals surface area (Å²) in [6.45, 7) is 0.569. The van der Waals surface area contributed by atoms with Gasteiger partial charge in [-0.15, -0.1) is 0 Å². The highest BCUT2D eigenvalue weighted by Crippen LogP contribution is 2.26. The number of nitro benzene ring substituents is 1. The predicted molar refractivity (Wildman–Crippen MR) is 68.2 cm³/mol. The molecule has 88 valence electrons. The number of hydrogen-bond donors (Lipinski definition) is 1. The molecule has 0 aliphatic rings. The van der Waals surface area contributed by atoms with Gasteiger partial charge in [-0.05, 0) is 22.0 Å². The Morgan fingerprint density at radius 1 is 1.56 bits per heavy atom. The summed E-state index contributed by atoms with van der Waals surface area (Å²) in [5, 5.41) is 13.5. The zero-order valence-corrected chi connectivity index (χ0v) is 11.0. The van der Waals surface area contributed by atoms with Gasteiger partial charge < -0.3 is 5.32 Å². The summed E-state index contributed by atoms with van der Waals surface area (Å²) < 4.78 is 11.5. The molecule has 1 aromatic rings. The number of halogens is 1. The van der Waals surface area contributed by atoms with Crippen LogP contribution in [0.5, 0.6) is 0 Å². The van der Waals surface area contributed by atoms with E-state index in [4.69, 9.17) is 0 Å². The molecule has 1 unspecified atom stereocenters. The Kier molecular flexibility index (Phi) is 4.88. The molecule has 5 nitrogen and oxygen atoms in total. The lowest BCUT2D eigenvalue weighted by Gasteiger charge is -2.07. The summed E-state index contributed by atoms with van der Waals surface area (Å²) in [7, 11) is -0.844. The van der Waals surface area contributed by atoms with Crippen LogP contribution in [-0.4, -0.2) is 27.7 Å². The third-order valence-corrected chi connectivity index (χ3v) is 3.30. The van der Waals surface area contributed by atoms with E-state index in [0.717, 1.165) is 5.69 Å². The topological polar surface area (TPSA) is 72.2 Å². The molecule has 0 aromatic heterocycles. The largest absolute Gasteiger partial charge is 0.383 e. The van der Waals surface area contributed by atoms with Gasteiger partial charge in [0, 0.05) is 51.6 Å². The van der Waals surface area contributed by atoms with Crippen LogP contribution in [0, 0.1) is 10.1 Å². The van der Waals surface area contributed by atoms with Gasteiger partial charge in [0.2, 0.25) is 0 Å². The molecule has 0 spiro atoms. The van der Waals surface area contributed by atoms with Crippen LogP contribution < -0.4 is 5.32 Å². The number of nitro groups is 1. The lowest BCUT2D eigenvalue weighted by Crippen LogP contribution is -2.10. The molecule has 0 fully saturated rings. The van der Waals surface area contributed by atoms with Gasteiger partial charge in [0.1, 0.15) is 0 Å². The van der Waals surface area contributed by atoms with Gasteiger partial charge >= 0.3 is 0 Å². The summed E-state index contributed by atoms with van der Waals surface area (Å²) in [5.41, 5.74) is 0.799. The monoisotopic (exact) mass is 306 g/mol. The summed E-state index contributed by atoms with van der Waals surface area (Å²) >= 11 is 3.24. The first-order chi connectivity index (χ1) is 7.50. The van der Waals surface area contributed by atoms with Crippen LogP contribution in [0.1, 0.15) is 0 Å². The second-order valence-electron chi connectivity index (χ2n) is 3.13. The second kappa shape index (κ2) is 5.95. The molecule has 1 atom stereocenters. The molecule has 1 rings (SSSR count). The van der Waals surface area contributed by atoms with Crippen LogP contribution in [0.3, 0.4) is 0 Å². The van der Waals surface area contributed by atoms with Crippen LogP contribution in [0.25, 0.3) is 0 Å². The molecule has 7 heteroatoms. The normalized spacial score (nSPS) is 12.1. The van der Waals surface area contributed by atoms with Crippen molar-refractivity contribution in [1.82, 2.24) is 0 Å². The van der Waals surface area contributed by atoms with E-state index in [2.05, 4.69) is 21.2 Å². The number of nitrogens with one attached hydrogen (secondary N) is 1. The maximum Gasteiger partial charge on any atom is 0.270 e. The van der Waals surface area contributed by atoms with Crippen molar-refractivity contribution < 1.29 is 9.13 Å². The summed E-state index contributed by atoms with van der Waals surface area (Å²) in [4.78, 5) is 10.0. The number of nitrogens with zero attached hydrogens (tertiary/aromatic N) is 1. The molecule has 1 N–H and O–H groups in total. The second-order valence-corrected chi connectivity index (χ2v) is 5.53. The summed E-state index contributed by atoms with van der Waals surface area (Å²) in [5.74, 6) is 0.545. The molecule has 0 radical (unpaired) electrons. The quantitative estimate of drug-likeness (QED) is 0.668. The number of rotatable bonds is 5. The predicted octanol–water partition coefficient (Wildman–Crippen LogP) is 2.15. The smallest absolute Gasteiger partial charge is 0.270 e. The SMILES string of the molecule is CS(=O)CCNc1ccc([N+](=O)[O-])cc1Br. The maximum absolute atomic E-state index is 10.8. The van der Waals surface area contributed by atoms with Crippen LogP contribution in [0.15, 0.2) is 22.7 Å². The molecule has 0 saturated heterocycles. The zero-order chi connectivity index (χ0) is 12.1. The standard InChI is InChI=1S/C9H11BrN2O3S/c1-16(15)5-4-11-9-3-2-7(12(13)14)6-8(9)10/h2-3,6,11H,4-5H2,1H3. The molecule has 0 amide bonds. The van der Waals surface area contributed by atoms with Crippen molar-refractivity contribution >= 4 is 38.1 Å². The highest BCUT2D eigenvalue weighted by molar-refractivity contribution is 9.10. The third kappa shape index (κ3) is 3.90. The summed E-state index contributed by atoms with van der Waals surface area (Å²) in [6, 6.07) is 4.49. The lowest BCUT2D eigenvalue weighted by molar-refractivity contribution is -0.384. The molecule has 0 aliphatic heterocycles. The maximum atomic E-state index is 10.8. The highest BCUT2D eigenvalue weighted by atomic mass is 79.9. The van der Waals surface area contributed by atoms with Crippen molar-refractivity contribution in [2.75, 3.05) is 23.9 Å². The van der Waals surface area contributed by atoms with Crippen LogP contribution in [-0.2, 0) is 10.8 Å². The van der Waals surface area contributed by atoms with Crippen LogP contribution in [0.4, 0.5) is 11.4 Å². The van der Waals surface area contributed by atoms with Gasteiger partial charge in [-0.2, -0.15) is 0 Å². The van der Waals surface area contributed by atoms with Crippen molar-refractivity contribution in [3.63, 3.8) is 0 Å². The highest BCUT2D eigenvalue weighted by Gasteiger charge is 2.08. The minimum Gasteiger partial charge on any atom is -0.383 e. The summed E-state index contributed by atoms with van der Waals surface area (Å²) in [6.07, 6.45) is 1.63. The van der Waals surface area contributed by atoms with Gasteiger partial charge in [0.15, 0.2) is 0 Å². The molecule has 1 aromatic carbocycles. The number of benzene rings is 1. The van der Waals surface area contributed by atoms with Crippen LogP contribution >= 0.6 is 15.9 Å². The Bertz CT molecular complexity index is 425. The molecule has 0 saturated carbocycles. The van der Waals surface area contributed by atoms with Crippen molar-refractivity contribution in [2.45, 2.75) is 0 Å². The van der Waals surface area contributed by atoms with Crippen molar-refractivity contribution in [3.8, 4) is 0 Å². The van der Waals surface area contributed by atoms with E-state index >= 15 is 0 Å². The molecule has 0 aliphatic carbocycles. The Hall–Kier alpha value is -0.950. The Labute approximate surface area is 104 Å². The van der Waals surface area contributed by atoms with Crippen LogP contribution in [0.2, 0.25) is 0 Å². The Balaban J connectivity index is 2.68. The number of anilines is 1. The van der Waals surface area contributed by atoms with E-state index in [1.165, 1.54) is 12.1 Å². The van der Waals surface area contributed by atoms with Gasteiger partial charge in [-0.3, -0.25) is 14.3 Å². The molecule has 0 bridgehead atoms. The molecule has 16 heavy (non-hydrogen) atoms. The minimum absolute atomic E-state index is 0.0384.